The first-order valence-electron chi connectivity index (χ1n) is 11.7. The van der Waals surface area contributed by atoms with Gasteiger partial charge in [0.2, 0.25) is 0 Å². The van der Waals surface area contributed by atoms with Gasteiger partial charge in [0, 0.05) is 0 Å². The second-order valence-corrected chi connectivity index (χ2v) is 11.4. The van der Waals surface area contributed by atoms with Crippen LogP contribution in [0.15, 0.2) is 80.6 Å². The molecule has 0 saturated heterocycles. The molecule has 1 aliphatic heterocycles. The fourth-order valence-corrected chi connectivity index (χ4v) is 5.35. The zero-order valence-electron chi connectivity index (χ0n) is 21.2. The number of carbonyl (C=O) groups is 1. The average molecular weight is 597 g/mol. The van der Waals surface area contributed by atoms with Gasteiger partial charge in [-0.05, 0) is 60.5 Å². The summed E-state index contributed by atoms with van der Waals surface area (Å²) in [5.74, 6) is -1.40. The number of nitriles is 2. The topological polar surface area (TPSA) is 216 Å². The van der Waals surface area contributed by atoms with Gasteiger partial charge in [0.25, 0.3) is 21.9 Å². The molecular formula is C25H20N6O8S2. The van der Waals surface area contributed by atoms with Crippen molar-refractivity contribution in [3.05, 3.63) is 77.0 Å². The maximum Gasteiger partial charge on any atom is 0.358 e. The van der Waals surface area contributed by atoms with E-state index >= 15 is 0 Å². The average Bonchev–Trinajstić information content (AvgIpc) is 3.44. The minimum Gasteiger partial charge on any atom is -0.491 e. The van der Waals surface area contributed by atoms with Gasteiger partial charge in [0.05, 0.1) is 21.7 Å². The Kier molecular flexibility index (Phi) is 7.93. The maximum absolute atomic E-state index is 13.3. The third-order valence-corrected chi connectivity index (χ3v) is 8.07. The van der Waals surface area contributed by atoms with Gasteiger partial charge < -0.3 is 5.11 Å². The quantitative estimate of drug-likeness (QED) is 0.269. The second kappa shape index (κ2) is 11.2. The molecule has 0 radical (unpaired) electrons. The summed E-state index contributed by atoms with van der Waals surface area (Å²) in [6, 6.07) is 15.4. The van der Waals surface area contributed by atoms with Gasteiger partial charge in [0.1, 0.15) is 17.0 Å². The molecule has 4 rings (SSSR count). The number of hydrogen-bond acceptors (Lipinski definition) is 11. The van der Waals surface area contributed by atoms with Crippen molar-refractivity contribution in [1.82, 2.24) is 9.94 Å². The van der Waals surface area contributed by atoms with Gasteiger partial charge in [-0.15, -0.1) is 5.10 Å². The fourth-order valence-electron chi connectivity index (χ4n) is 4.00. The molecular weight excluding hydrogens is 576 g/mol. The SMILES string of the molecule is CCC(CCc1c(C#N)nn(OS(=O)(=O)c2ccccc2)c1O)=C1C(=O)N(c2ccc(S(=O)(=O)O)cc2)N=C1C#N. The van der Waals surface area contributed by atoms with Crippen molar-refractivity contribution in [2.24, 2.45) is 5.10 Å². The van der Waals surface area contributed by atoms with Crippen molar-refractivity contribution in [2.45, 2.75) is 36.0 Å². The number of rotatable bonds is 9. The molecule has 0 fully saturated rings. The van der Waals surface area contributed by atoms with Crippen molar-refractivity contribution >= 4 is 37.5 Å². The number of aromatic hydroxyl groups is 1. The molecule has 0 aliphatic carbocycles. The number of anilines is 1. The summed E-state index contributed by atoms with van der Waals surface area (Å²) in [6.45, 7) is 1.72. The van der Waals surface area contributed by atoms with Crippen LogP contribution in [0.1, 0.15) is 31.0 Å². The van der Waals surface area contributed by atoms with Gasteiger partial charge in [0.15, 0.2) is 11.4 Å². The molecule has 3 aromatic rings. The lowest BCUT2D eigenvalue weighted by Gasteiger charge is -2.13. The molecule has 0 atom stereocenters. The van der Waals surface area contributed by atoms with Gasteiger partial charge in [-0.25, -0.2) is 0 Å². The van der Waals surface area contributed by atoms with Crippen LogP contribution >= 0.6 is 0 Å². The standard InChI is InChI=1S/C25H20N6O8S2/c1-2-16(23-22(15-27)28-30(25(23)33)17-9-11-18(12-10-17)40(34,35)36)8-13-20-21(14-26)29-31(24(20)32)39-41(37,38)19-6-4-3-5-7-19/h3-7,9-12,32H,2,8,13H2,1H3,(H,34,35,36). The molecule has 16 heteroatoms. The number of aromatic nitrogens is 2. The Morgan fingerprint density at radius 2 is 1.66 bits per heavy atom. The van der Waals surface area contributed by atoms with Crippen molar-refractivity contribution in [3.63, 3.8) is 0 Å². The molecule has 1 aromatic heterocycles. The van der Waals surface area contributed by atoms with E-state index in [4.69, 9.17) is 4.28 Å². The fraction of sp³-hybridized carbons (Fsp3) is 0.160. The Morgan fingerprint density at radius 3 is 2.22 bits per heavy atom. The molecule has 210 valence electrons. The van der Waals surface area contributed by atoms with Crippen LogP contribution in [0.2, 0.25) is 0 Å². The molecule has 1 aliphatic rings. The summed E-state index contributed by atoms with van der Waals surface area (Å²) in [7, 11) is -8.84. The Labute approximate surface area is 234 Å². The first-order valence-corrected chi connectivity index (χ1v) is 14.6. The van der Waals surface area contributed by atoms with E-state index < -0.39 is 36.9 Å². The monoisotopic (exact) mass is 596 g/mol. The van der Waals surface area contributed by atoms with E-state index in [-0.39, 0.29) is 52.4 Å². The van der Waals surface area contributed by atoms with Crippen LogP contribution in [-0.2, 0) is 31.5 Å². The lowest BCUT2D eigenvalue weighted by atomic mass is 9.95. The minimum atomic E-state index is -4.46. The molecule has 0 bridgehead atoms. The summed E-state index contributed by atoms with van der Waals surface area (Å²) < 4.78 is 61.8. The Hall–Kier alpha value is -5.03. The van der Waals surface area contributed by atoms with Crippen LogP contribution in [0, 0.1) is 22.7 Å². The highest BCUT2D eigenvalue weighted by Gasteiger charge is 2.34. The second-order valence-electron chi connectivity index (χ2n) is 8.46. The number of benzene rings is 2. The highest BCUT2D eigenvalue weighted by molar-refractivity contribution is 7.87. The molecule has 0 spiro atoms. The molecule has 2 aromatic carbocycles. The van der Waals surface area contributed by atoms with E-state index in [0.717, 1.165) is 17.1 Å². The normalized spacial score (nSPS) is 14.8. The largest absolute Gasteiger partial charge is 0.491 e. The van der Waals surface area contributed by atoms with Crippen LogP contribution in [0.3, 0.4) is 0 Å². The van der Waals surface area contributed by atoms with Crippen LogP contribution in [-0.4, -0.2) is 48.1 Å². The van der Waals surface area contributed by atoms with E-state index in [1.807, 2.05) is 6.07 Å². The van der Waals surface area contributed by atoms with Gasteiger partial charge in [-0.1, -0.05) is 30.7 Å². The predicted molar refractivity (Wildman–Crippen MR) is 141 cm³/mol. The first kappa shape index (κ1) is 29.0. The van der Waals surface area contributed by atoms with Crippen molar-refractivity contribution in [2.75, 3.05) is 5.01 Å². The highest BCUT2D eigenvalue weighted by atomic mass is 32.2. The third-order valence-electron chi connectivity index (χ3n) is 6.02. The molecule has 0 saturated carbocycles. The van der Waals surface area contributed by atoms with E-state index in [2.05, 4.69) is 10.2 Å². The van der Waals surface area contributed by atoms with Gasteiger partial charge >= 0.3 is 10.1 Å². The van der Waals surface area contributed by atoms with E-state index in [9.17, 15) is 41.8 Å². The summed E-state index contributed by atoms with van der Waals surface area (Å²) in [5.41, 5.74) is 0.0226. The molecule has 2 N–H and O–H groups in total. The Bertz CT molecular complexity index is 1880. The van der Waals surface area contributed by atoms with E-state index in [1.54, 1.807) is 19.1 Å². The smallest absolute Gasteiger partial charge is 0.358 e. The first-order chi connectivity index (χ1) is 19.4. The highest BCUT2D eigenvalue weighted by Crippen LogP contribution is 2.31. The van der Waals surface area contributed by atoms with Gasteiger partial charge in [-0.3, -0.25) is 13.6 Å². The predicted octanol–water partition coefficient (Wildman–Crippen LogP) is 2.09. The number of allylic oxidation sites excluding steroid dienone is 1. The number of amides is 1. The summed E-state index contributed by atoms with van der Waals surface area (Å²) in [5, 5.41) is 38.5. The summed E-state index contributed by atoms with van der Waals surface area (Å²) in [6.07, 6.45) is 0.241. The summed E-state index contributed by atoms with van der Waals surface area (Å²) in [4.78, 5) is 13.0. The molecule has 41 heavy (non-hydrogen) atoms. The van der Waals surface area contributed by atoms with E-state index in [0.29, 0.717) is 10.4 Å². The number of hydrogen-bond donors (Lipinski definition) is 2. The third kappa shape index (κ3) is 5.80. The molecule has 2 heterocycles. The lowest BCUT2D eigenvalue weighted by Crippen LogP contribution is -2.22. The van der Waals surface area contributed by atoms with E-state index in [1.165, 1.54) is 36.4 Å². The van der Waals surface area contributed by atoms with Crippen molar-refractivity contribution in [3.8, 4) is 18.0 Å². The molecule has 14 nitrogen and oxygen atoms in total. The van der Waals surface area contributed by atoms with Crippen LogP contribution < -0.4 is 9.29 Å². The number of hydrazone groups is 1. The van der Waals surface area contributed by atoms with Crippen LogP contribution in [0.4, 0.5) is 5.69 Å². The molecule has 1 amide bonds. The zero-order chi connectivity index (χ0) is 29.9. The number of carbonyl (C=O) groups excluding carboxylic acids is 1. The molecule has 0 unspecified atom stereocenters. The minimum absolute atomic E-state index is 0.0119. The Balaban J connectivity index is 1.61. The number of nitrogens with zero attached hydrogens (tertiary/aromatic N) is 6. The Morgan fingerprint density at radius 1 is 1.00 bits per heavy atom. The van der Waals surface area contributed by atoms with Crippen molar-refractivity contribution < 1.29 is 35.6 Å². The maximum atomic E-state index is 13.3. The lowest BCUT2D eigenvalue weighted by molar-refractivity contribution is -0.114. The summed E-state index contributed by atoms with van der Waals surface area (Å²) >= 11 is 0. The zero-order valence-corrected chi connectivity index (χ0v) is 22.8. The van der Waals surface area contributed by atoms with Gasteiger partial charge in [-0.2, -0.15) is 37.5 Å². The van der Waals surface area contributed by atoms with Crippen LogP contribution in [0.25, 0.3) is 0 Å². The van der Waals surface area contributed by atoms with Crippen molar-refractivity contribution in [1.29, 1.82) is 10.5 Å². The van der Waals surface area contributed by atoms with Crippen LogP contribution in [0.5, 0.6) is 5.88 Å².